The first kappa shape index (κ1) is 16.0. The molecule has 112 valence electrons. The van der Waals surface area contributed by atoms with Crippen LogP contribution in [0.4, 0.5) is 10.1 Å². The third kappa shape index (κ3) is 3.62. The number of amides is 1. The van der Waals surface area contributed by atoms with Crippen LogP contribution in [0.3, 0.4) is 0 Å². The normalized spacial score (nSPS) is 20.3. The second-order valence-corrected chi connectivity index (χ2v) is 6.36. The third-order valence-corrected chi connectivity index (χ3v) is 4.49. The van der Waals surface area contributed by atoms with Crippen molar-refractivity contribution in [1.29, 1.82) is 0 Å². The second-order valence-electron chi connectivity index (χ2n) is 4.28. The predicted molar refractivity (Wildman–Crippen MR) is 82.2 cm³/mol. The molecule has 5 nitrogen and oxygen atoms in total. The van der Waals surface area contributed by atoms with Gasteiger partial charge in [0.15, 0.2) is 5.17 Å². The summed E-state index contributed by atoms with van der Waals surface area (Å²) in [4.78, 5) is 28.4. The van der Waals surface area contributed by atoms with Crippen molar-refractivity contribution in [3.05, 3.63) is 28.5 Å². The SMILES string of the molecule is CCN1C(=O)[C@@H](CC(=O)O)SC1=Nc1ccc(Br)cc1F. The molecule has 1 atom stereocenters. The second kappa shape index (κ2) is 6.57. The molecule has 0 aromatic heterocycles. The molecule has 1 aromatic rings. The van der Waals surface area contributed by atoms with Crippen molar-refractivity contribution in [3.63, 3.8) is 0 Å². The Labute approximate surface area is 133 Å². The zero-order valence-corrected chi connectivity index (χ0v) is 13.4. The van der Waals surface area contributed by atoms with Gasteiger partial charge in [-0.1, -0.05) is 27.7 Å². The van der Waals surface area contributed by atoms with E-state index in [2.05, 4.69) is 20.9 Å². The third-order valence-electron chi connectivity index (χ3n) is 2.82. The maximum Gasteiger partial charge on any atom is 0.305 e. The minimum Gasteiger partial charge on any atom is -0.481 e. The maximum absolute atomic E-state index is 13.8. The topological polar surface area (TPSA) is 70.0 Å². The van der Waals surface area contributed by atoms with Gasteiger partial charge < -0.3 is 5.11 Å². The number of carboxylic acids is 1. The highest BCUT2D eigenvalue weighted by atomic mass is 79.9. The molecule has 0 unspecified atom stereocenters. The van der Waals surface area contributed by atoms with E-state index in [0.717, 1.165) is 11.8 Å². The first-order valence-corrected chi connectivity index (χ1v) is 7.83. The quantitative estimate of drug-likeness (QED) is 0.879. The number of hydrogen-bond donors (Lipinski definition) is 1. The number of benzene rings is 1. The summed E-state index contributed by atoms with van der Waals surface area (Å²) in [7, 11) is 0. The minimum atomic E-state index is -1.05. The van der Waals surface area contributed by atoms with Crippen LogP contribution in [0, 0.1) is 5.82 Å². The Morgan fingerprint density at radius 2 is 2.29 bits per heavy atom. The van der Waals surface area contributed by atoms with Crippen LogP contribution >= 0.6 is 27.7 Å². The van der Waals surface area contributed by atoms with Gasteiger partial charge in [-0.05, 0) is 25.1 Å². The number of hydrogen-bond acceptors (Lipinski definition) is 4. The smallest absolute Gasteiger partial charge is 0.305 e. The Morgan fingerprint density at radius 1 is 1.57 bits per heavy atom. The lowest BCUT2D eigenvalue weighted by molar-refractivity contribution is -0.139. The Balaban J connectivity index is 2.31. The lowest BCUT2D eigenvalue weighted by Gasteiger charge is -2.13. The van der Waals surface area contributed by atoms with E-state index in [4.69, 9.17) is 5.11 Å². The van der Waals surface area contributed by atoms with Crippen LogP contribution in [0.2, 0.25) is 0 Å². The Hall–Kier alpha value is -1.41. The van der Waals surface area contributed by atoms with Crippen LogP contribution in [0.15, 0.2) is 27.7 Å². The van der Waals surface area contributed by atoms with Crippen LogP contribution in [-0.2, 0) is 9.59 Å². The van der Waals surface area contributed by atoms with E-state index in [1.54, 1.807) is 13.0 Å². The lowest BCUT2D eigenvalue weighted by Crippen LogP contribution is -2.32. The van der Waals surface area contributed by atoms with E-state index < -0.39 is 17.0 Å². The molecule has 1 aliphatic rings. The largest absolute Gasteiger partial charge is 0.481 e. The number of carbonyl (C=O) groups is 2. The number of nitrogens with zero attached hydrogens (tertiary/aromatic N) is 2. The summed E-state index contributed by atoms with van der Waals surface area (Å²) < 4.78 is 14.4. The molecule has 0 saturated carbocycles. The molecule has 1 N–H and O–H groups in total. The molecule has 0 bridgehead atoms. The highest BCUT2D eigenvalue weighted by Gasteiger charge is 2.38. The van der Waals surface area contributed by atoms with Crippen LogP contribution in [0.1, 0.15) is 13.3 Å². The van der Waals surface area contributed by atoms with E-state index >= 15 is 0 Å². The van der Waals surface area contributed by atoms with E-state index in [1.807, 2.05) is 0 Å². The minimum absolute atomic E-state index is 0.114. The van der Waals surface area contributed by atoms with E-state index in [9.17, 15) is 14.0 Å². The average molecular weight is 375 g/mol. The molecule has 8 heteroatoms. The molecule has 1 heterocycles. The van der Waals surface area contributed by atoms with Crippen molar-refractivity contribution in [2.75, 3.05) is 6.54 Å². The summed E-state index contributed by atoms with van der Waals surface area (Å²) in [6, 6.07) is 4.43. The molecule has 21 heavy (non-hydrogen) atoms. The number of aliphatic carboxylic acids is 1. The number of aliphatic imine (C=N–C) groups is 1. The molecule has 2 rings (SSSR count). The number of carboxylic acid groups (broad SMARTS) is 1. The van der Waals surface area contributed by atoms with Crippen LogP contribution in [0.25, 0.3) is 0 Å². The van der Waals surface area contributed by atoms with Crippen molar-refractivity contribution in [3.8, 4) is 0 Å². The van der Waals surface area contributed by atoms with E-state index in [1.165, 1.54) is 17.0 Å². The number of halogens is 2. The van der Waals surface area contributed by atoms with Gasteiger partial charge in [-0.25, -0.2) is 9.38 Å². The van der Waals surface area contributed by atoms with E-state index in [-0.39, 0.29) is 18.0 Å². The van der Waals surface area contributed by atoms with Gasteiger partial charge in [-0.3, -0.25) is 14.5 Å². The number of thioether (sulfide) groups is 1. The van der Waals surface area contributed by atoms with Gasteiger partial charge >= 0.3 is 5.97 Å². The van der Waals surface area contributed by atoms with Crippen molar-refractivity contribution < 1.29 is 19.1 Å². The van der Waals surface area contributed by atoms with Crippen molar-refractivity contribution in [1.82, 2.24) is 4.90 Å². The average Bonchev–Trinajstić information content (AvgIpc) is 2.68. The fourth-order valence-electron chi connectivity index (χ4n) is 1.85. The van der Waals surface area contributed by atoms with Crippen molar-refractivity contribution in [2.45, 2.75) is 18.6 Å². The summed E-state index contributed by atoms with van der Waals surface area (Å²) in [5.74, 6) is -1.86. The molecule has 1 amide bonds. The number of rotatable bonds is 4. The highest BCUT2D eigenvalue weighted by molar-refractivity contribution is 9.10. The van der Waals surface area contributed by atoms with Gasteiger partial charge in [-0.2, -0.15) is 0 Å². The Kier molecular flexibility index (Phi) is 5.00. The summed E-state index contributed by atoms with van der Waals surface area (Å²) in [5.41, 5.74) is 0.114. The Bertz CT molecular complexity index is 623. The summed E-state index contributed by atoms with van der Waals surface area (Å²) in [6.07, 6.45) is -0.276. The maximum atomic E-state index is 13.8. The number of amidine groups is 1. The zero-order valence-electron chi connectivity index (χ0n) is 11.0. The molecule has 1 saturated heterocycles. The van der Waals surface area contributed by atoms with Crippen LogP contribution < -0.4 is 0 Å². The van der Waals surface area contributed by atoms with Gasteiger partial charge in [-0.15, -0.1) is 0 Å². The molecule has 0 spiro atoms. The molecular formula is C13H12BrFN2O3S. The monoisotopic (exact) mass is 374 g/mol. The van der Waals surface area contributed by atoms with Gasteiger partial charge in [0.05, 0.1) is 6.42 Å². The van der Waals surface area contributed by atoms with Gasteiger partial charge in [0.1, 0.15) is 16.8 Å². The van der Waals surface area contributed by atoms with Crippen LogP contribution in [0.5, 0.6) is 0 Å². The summed E-state index contributed by atoms with van der Waals surface area (Å²) in [5, 5.41) is 8.43. The first-order chi connectivity index (χ1) is 9.92. The standard InChI is InChI=1S/C13H12BrFN2O3S/c1-2-17-12(20)10(6-11(18)19)21-13(17)16-9-4-3-7(14)5-8(9)15/h3-5,10H,2,6H2,1H3,(H,18,19)/t10-/m1/s1. The highest BCUT2D eigenvalue weighted by Crippen LogP contribution is 2.32. The fourth-order valence-corrected chi connectivity index (χ4v) is 3.39. The van der Waals surface area contributed by atoms with Gasteiger partial charge in [0, 0.05) is 11.0 Å². The van der Waals surface area contributed by atoms with Crippen LogP contribution in [-0.4, -0.2) is 38.8 Å². The van der Waals surface area contributed by atoms with Crippen molar-refractivity contribution >= 4 is 50.4 Å². The van der Waals surface area contributed by atoms with Gasteiger partial charge in [0.2, 0.25) is 5.91 Å². The first-order valence-electron chi connectivity index (χ1n) is 6.16. The molecule has 1 fully saturated rings. The summed E-state index contributed by atoms with van der Waals surface area (Å²) in [6.45, 7) is 2.12. The lowest BCUT2D eigenvalue weighted by atomic mass is 10.3. The Morgan fingerprint density at radius 3 is 2.86 bits per heavy atom. The molecule has 0 radical (unpaired) electrons. The summed E-state index contributed by atoms with van der Waals surface area (Å²) >= 11 is 4.21. The zero-order chi connectivity index (χ0) is 15.6. The van der Waals surface area contributed by atoms with Gasteiger partial charge in [0.25, 0.3) is 0 Å². The van der Waals surface area contributed by atoms with Crippen molar-refractivity contribution in [2.24, 2.45) is 4.99 Å². The molecular weight excluding hydrogens is 363 g/mol. The molecule has 0 aliphatic carbocycles. The molecule has 1 aliphatic heterocycles. The predicted octanol–water partition coefficient (Wildman–Crippen LogP) is 3.01. The fraction of sp³-hybridized carbons (Fsp3) is 0.308. The molecule has 1 aromatic carbocycles. The van der Waals surface area contributed by atoms with E-state index in [0.29, 0.717) is 16.2 Å². The number of carbonyl (C=O) groups excluding carboxylic acids is 1.